The van der Waals surface area contributed by atoms with Gasteiger partial charge in [-0.15, -0.1) is 11.3 Å². The summed E-state index contributed by atoms with van der Waals surface area (Å²) >= 11 is 1.46. The standard InChI is InChI=1S/C17H15N3O5S2/c1-12-7-16(5-6-17(12)20(21)22)27(23,24)19-13-3-2-4-15(8-13)25-9-14-10-26-11-18-14/h2-8,10-11,19H,9H2,1H3. The summed E-state index contributed by atoms with van der Waals surface area (Å²) in [5.41, 5.74) is 2.94. The van der Waals surface area contributed by atoms with Crippen LogP contribution in [0.25, 0.3) is 0 Å². The molecule has 0 fully saturated rings. The molecule has 0 aliphatic rings. The van der Waals surface area contributed by atoms with Crippen LogP contribution in [-0.4, -0.2) is 18.3 Å². The van der Waals surface area contributed by atoms with Crippen molar-refractivity contribution < 1.29 is 18.1 Å². The number of nitrogens with zero attached hydrogens (tertiary/aromatic N) is 2. The molecular weight excluding hydrogens is 390 g/mol. The van der Waals surface area contributed by atoms with E-state index in [1.807, 2.05) is 5.38 Å². The van der Waals surface area contributed by atoms with Crippen molar-refractivity contribution in [1.29, 1.82) is 0 Å². The van der Waals surface area contributed by atoms with Crippen LogP contribution < -0.4 is 9.46 Å². The first kappa shape index (κ1) is 18.8. The largest absolute Gasteiger partial charge is 0.487 e. The van der Waals surface area contributed by atoms with Crippen LogP contribution in [0.2, 0.25) is 0 Å². The van der Waals surface area contributed by atoms with E-state index in [9.17, 15) is 18.5 Å². The van der Waals surface area contributed by atoms with Crippen LogP contribution >= 0.6 is 11.3 Å². The fourth-order valence-electron chi connectivity index (χ4n) is 2.33. The Balaban J connectivity index is 1.76. The van der Waals surface area contributed by atoms with Gasteiger partial charge in [-0.3, -0.25) is 14.8 Å². The molecule has 0 unspecified atom stereocenters. The number of hydrogen-bond donors (Lipinski definition) is 1. The number of aryl methyl sites for hydroxylation is 1. The van der Waals surface area contributed by atoms with Crippen molar-refractivity contribution in [1.82, 2.24) is 4.98 Å². The van der Waals surface area contributed by atoms with Crippen molar-refractivity contribution in [2.24, 2.45) is 0 Å². The lowest BCUT2D eigenvalue weighted by Crippen LogP contribution is -2.13. The molecule has 1 heterocycles. The highest BCUT2D eigenvalue weighted by atomic mass is 32.2. The summed E-state index contributed by atoms with van der Waals surface area (Å²) in [7, 11) is -3.89. The first-order valence-corrected chi connectivity index (χ1v) is 10.2. The lowest BCUT2D eigenvalue weighted by molar-refractivity contribution is -0.385. The van der Waals surface area contributed by atoms with Crippen LogP contribution in [0.4, 0.5) is 11.4 Å². The predicted octanol–water partition coefficient (Wildman–Crippen LogP) is 3.74. The van der Waals surface area contributed by atoms with Gasteiger partial charge in [-0.1, -0.05) is 6.07 Å². The molecule has 2 aromatic carbocycles. The van der Waals surface area contributed by atoms with Crippen molar-refractivity contribution in [3.63, 3.8) is 0 Å². The molecule has 0 bridgehead atoms. The van der Waals surface area contributed by atoms with E-state index in [0.717, 1.165) is 5.69 Å². The van der Waals surface area contributed by atoms with Gasteiger partial charge < -0.3 is 4.74 Å². The highest BCUT2D eigenvalue weighted by molar-refractivity contribution is 7.92. The second-order valence-electron chi connectivity index (χ2n) is 5.61. The molecule has 0 spiro atoms. The minimum atomic E-state index is -3.89. The molecule has 10 heteroatoms. The van der Waals surface area contributed by atoms with Crippen molar-refractivity contribution in [2.45, 2.75) is 18.4 Å². The van der Waals surface area contributed by atoms with Crippen LogP contribution in [0, 0.1) is 17.0 Å². The molecule has 0 aliphatic heterocycles. The number of sulfonamides is 1. The number of nitrogens with one attached hydrogen (secondary N) is 1. The fourth-order valence-corrected chi connectivity index (χ4v) is 4.01. The first-order chi connectivity index (χ1) is 12.8. The molecule has 0 saturated carbocycles. The van der Waals surface area contributed by atoms with E-state index in [1.54, 1.807) is 29.8 Å². The Morgan fingerprint density at radius 1 is 1.26 bits per heavy atom. The maximum absolute atomic E-state index is 12.6. The third kappa shape index (κ3) is 4.60. The van der Waals surface area contributed by atoms with Crippen molar-refractivity contribution in [2.75, 3.05) is 4.72 Å². The maximum Gasteiger partial charge on any atom is 0.272 e. The topological polar surface area (TPSA) is 111 Å². The molecule has 0 atom stereocenters. The lowest BCUT2D eigenvalue weighted by Gasteiger charge is -2.11. The van der Waals surface area contributed by atoms with Gasteiger partial charge in [0.15, 0.2) is 0 Å². The Labute approximate surface area is 159 Å². The summed E-state index contributed by atoms with van der Waals surface area (Å²) in [6, 6.07) is 10.2. The van der Waals surface area contributed by atoms with E-state index in [0.29, 0.717) is 11.4 Å². The monoisotopic (exact) mass is 405 g/mol. The smallest absolute Gasteiger partial charge is 0.272 e. The average molecular weight is 405 g/mol. The summed E-state index contributed by atoms with van der Waals surface area (Å²) < 4.78 is 33.2. The molecule has 0 radical (unpaired) electrons. The highest BCUT2D eigenvalue weighted by Crippen LogP contribution is 2.25. The summed E-state index contributed by atoms with van der Waals surface area (Å²) in [5, 5.41) is 12.7. The van der Waals surface area contributed by atoms with Gasteiger partial charge >= 0.3 is 0 Å². The second-order valence-corrected chi connectivity index (χ2v) is 8.01. The molecule has 0 amide bonds. The van der Waals surface area contributed by atoms with Gasteiger partial charge in [-0.05, 0) is 31.2 Å². The van der Waals surface area contributed by atoms with Gasteiger partial charge in [-0.25, -0.2) is 13.4 Å². The predicted molar refractivity (Wildman–Crippen MR) is 102 cm³/mol. The van der Waals surface area contributed by atoms with Crippen LogP contribution in [-0.2, 0) is 16.6 Å². The first-order valence-electron chi connectivity index (χ1n) is 7.73. The normalized spacial score (nSPS) is 11.1. The number of nitro groups is 1. The molecule has 27 heavy (non-hydrogen) atoms. The Morgan fingerprint density at radius 2 is 2.07 bits per heavy atom. The van der Waals surface area contributed by atoms with E-state index in [4.69, 9.17) is 4.74 Å². The second kappa shape index (κ2) is 7.72. The minimum Gasteiger partial charge on any atom is -0.487 e. The van der Waals surface area contributed by atoms with Crippen LogP contribution in [0.15, 0.2) is 58.3 Å². The molecular formula is C17H15N3O5S2. The average Bonchev–Trinajstić information content (AvgIpc) is 3.13. The molecule has 1 aromatic heterocycles. The zero-order valence-corrected chi connectivity index (χ0v) is 15.8. The summed E-state index contributed by atoms with van der Waals surface area (Å²) in [6.07, 6.45) is 0. The number of aromatic nitrogens is 1. The third-order valence-electron chi connectivity index (χ3n) is 3.63. The molecule has 3 aromatic rings. The van der Waals surface area contributed by atoms with Crippen molar-refractivity contribution in [3.05, 3.63) is 74.7 Å². The van der Waals surface area contributed by atoms with Crippen LogP contribution in [0.5, 0.6) is 5.75 Å². The van der Waals surface area contributed by atoms with Gasteiger partial charge in [-0.2, -0.15) is 0 Å². The minimum absolute atomic E-state index is 0.0561. The van der Waals surface area contributed by atoms with E-state index >= 15 is 0 Å². The SMILES string of the molecule is Cc1cc(S(=O)(=O)Nc2cccc(OCc3cscn3)c2)ccc1[N+](=O)[O-]. The number of nitro benzene ring substituents is 1. The fraction of sp³-hybridized carbons (Fsp3) is 0.118. The van der Waals surface area contributed by atoms with E-state index < -0.39 is 14.9 Å². The van der Waals surface area contributed by atoms with E-state index in [-0.39, 0.29) is 22.8 Å². The Kier molecular flexibility index (Phi) is 5.38. The van der Waals surface area contributed by atoms with Gasteiger partial charge in [0, 0.05) is 23.1 Å². The molecule has 140 valence electrons. The van der Waals surface area contributed by atoms with Gasteiger partial charge in [0.1, 0.15) is 12.4 Å². The van der Waals surface area contributed by atoms with Crippen LogP contribution in [0.1, 0.15) is 11.3 Å². The number of hydrogen-bond acceptors (Lipinski definition) is 7. The Morgan fingerprint density at radius 3 is 2.74 bits per heavy atom. The Bertz CT molecular complexity index is 1070. The molecule has 8 nitrogen and oxygen atoms in total. The summed E-state index contributed by atoms with van der Waals surface area (Å²) in [4.78, 5) is 14.4. The maximum atomic E-state index is 12.6. The van der Waals surface area contributed by atoms with Gasteiger partial charge in [0.25, 0.3) is 15.7 Å². The summed E-state index contributed by atoms with van der Waals surface area (Å²) in [6.45, 7) is 1.77. The number of rotatable bonds is 7. The highest BCUT2D eigenvalue weighted by Gasteiger charge is 2.19. The van der Waals surface area contributed by atoms with Gasteiger partial charge in [0.2, 0.25) is 0 Å². The number of benzene rings is 2. The number of anilines is 1. The lowest BCUT2D eigenvalue weighted by atomic mass is 10.2. The zero-order chi connectivity index (χ0) is 19.4. The van der Waals surface area contributed by atoms with Crippen LogP contribution in [0.3, 0.4) is 0 Å². The molecule has 1 N–H and O–H groups in total. The van der Waals surface area contributed by atoms with Crippen molar-refractivity contribution in [3.8, 4) is 5.75 Å². The van der Waals surface area contributed by atoms with Gasteiger partial charge in [0.05, 0.1) is 26.7 Å². The zero-order valence-electron chi connectivity index (χ0n) is 14.2. The van der Waals surface area contributed by atoms with E-state index in [1.165, 1.54) is 36.5 Å². The van der Waals surface area contributed by atoms with E-state index in [2.05, 4.69) is 9.71 Å². The summed E-state index contributed by atoms with van der Waals surface area (Å²) in [5.74, 6) is 0.489. The molecule has 0 saturated heterocycles. The number of thiazole rings is 1. The number of ether oxygens (including phenoxy) is 1. The van der Waals surface area contributed by atoms with Crippen molar-refractivity contribution >= 4 is 32.7 Å². The quantitative estimate of drug-likeness (QED) is 0.473. The Hall–Kier alpha value is -2.98. The molecule has 0 aliphatic carbocycles. The molecule has 3 rings (SSSR count). The third-order valence-corrected chi connectivity index (χ3v) is 5.65.